The van der Waals surface area contributed by atoms with Crippen LogP contribution >= 0.6 is 0 Å². The molecule has 17 heavy (non-hydrogen) atoms. The number of carbonyl (C=O) groups excluding carboxylic acids is 1. The highest BCUT2D eigenvalue weighted by molar-refractivity contribution is 5.96. The van der Waals surface area contributed by atoms with E-state index >= 15 is 0 Å². The minimum absolute atomic E-state index is 0.0452. The van der Waals surface area contributed by atoms with Crippen molar-refractivity contribution in [1.29, 1.82) is 0 Å². The molecule has 1 aromatic rings. The van der Waals surface area contributed by atoms with Gasteiger partial charge in [-0.1, -0.05) is 26.2 Å². The highest BCUT2D eigenvalue weighted by Crippen LogP contribution is 2.23. The monoisotopic (exact) mass is 238 g/mol. The second kappa shape index (κ2) is 5.16. The summed E-state index contributed by atoms with van der Waals surface area (Å²) < 4.78 is 4.42. The van der Waals surface area contributed by atoms with Crippen LogP contribution in [0, 0.1) is 5.92 Å². The molecule has 0 bridgehead atoms. The molecule has 6 heteroatoms. The van der Waals surface area contributed by atoms with Crippen LogP contribution in [0.1, 0.15) is 49.5 Å². The molecule has 2 rings (SSSR count). The van der Waals surface area contributed by atoms with Crippen LogP contribution < -0.4 is 11.1 Å². The van der Waals surface area contributed by atoms with E-state index in [9.17, 15) is 4.79 Å². The van der Waals surface area contributed by atoms with Gasteiger partial charge in [0.25, 0.3) is 5.91 Å². The molecule has 2 unspecified atom stereocenters. The molecule has 1 amide bonds. The number of hydrogen-bond donors (Lipinski definition) is 2. The van der Waals surface area contributed by atoms with Crippen molar-refractivity contribution in [2.24, 2.45) is 5.92 Å². The number of anilines is 1. The molecule has 1 aliphatic rings. The van der Waals surface area contributed by atoms with E-state index in [1.807, 2.05) is 0 Å². The van der Waals surface area contributed by atoms with Crippen molar-refractivity contribution >= 4 is 11.7 Å². The zero-order valence-corrected chi connectivity index (χ0v) is 9.98. The molecular weight excluding hydrogens is 220 g/mol. The number of hydrogen-bond acceptors (Lipinski definition) is 5. The number of aromatic nitrogens is 2. The first kappa shape index (κ1) is 11.9. The number of nitrogens with one attached hydrogen (secondary N) is 1. The van der Waals surface area contributed by atoms with Crippen molar-refractivity contribution in [3.63, 3.8) is 0 Å². The first-order chi connectivity index (χ1) is 8.18. The lowest BCUT2D eigenvalue weighted by molar-refractivity contribution is 0.0912. The Balaban J connectivity index is 2.00. The third-order valence-electron chi connectivity index (χ3n) is 3.41. The molecular formula is C11H18N4O2. The Hall–Kier alpha value is -1.59. The number of nitrogens with two attached hydrogens (primary N) is 1. The van der Waals surface area contributed by atoms with Crippen molar-refractivity contribution in [2.45, 2.75) is 45.1 Å². The molecule has 94 valence electrons. The van der Waals surface area contributed by atoms with Crippen molar-refractivity contribution in [1.82, 2.24) is 15.6 Å². The summed E-state index contributed by atoms with van der Waals surface area (Å²) in [5.41, 5.74) is 5.57. The van der Waals surface area contributed by atoms with Crippen LogP contribution in [0.25, 0.3) is 0 Å². The third kappa shape index (κ3) is 2.75. The van der Waals surface area contributed by atoms with Crippen LogP contribution in [0.5, 0.6) is 0 Å². The summed E-state index contributed by atoms with van der Waals surface area (Å²) in [5, 5.41) is 9.88. The topological polar surface area (TPSA) is 94.0 Å². The van der Waals surface area contributed by atoms with E-state index in [1.54, 1.807) is 0 Å². The SMILES string of the molecule is CC1CCCCCC1NC(=O)c1nonc1N. The summed E-state index contributed by atoms with van der Waals surface area (Å²) in [6, 6.07) is 0.195. The summed E-state index contributed by atoms with van der Waals surface area (Å²) in [6.07, 6.45) is 5.79. The minimum Gasteiger partial charge on any atom is -0.379 e. The maximum Gasteiger partial charge on any atom is 0.277 e. The molecule has 1 saturated carbocycles. The van der Waals surface area contributed by atoms with E-state index in [1.165, 1.54) is 12.8 Å². The second-order valence-corrected chi connectivity index (χ2v) is 4.69. The quantitative estimate of drug-likeness (QED) is 0.758. The van der Waals surface area contributed by atoms with E-state index in [0.717, 1.165) is 19.3 Å². The zero-order valence-electron chi connectivity index (χ0n) is 9.98. The molecule has 0 aliphatic heterocycles. The largest absolute Gasteiger partial charge is 0.379 e. The molecule has 1 fully saturated rings. The lowest BCUT2D eigenvalue weighted by atomic mass is 9.97. The average Bonchev–Trinajstić information content (AvgIpc) is 2.63. The number of rotatable bonds is 2. The second-order valence-electron chi connectivity index (χ2n) is 4.69. The van der Waals surface area contributed by atoms with Crippen molar-refractivity contribution in [2.75, 3.05) is 5.73 Å². The van der Waals surface area contributed by atoms with Gasteiger partial charge in [0, 0.05) is 6.04 Å². The maximum absolute atomic E-state index is 11.9. The zero-order chi connectivity index (χ0) is 12.3. The Morgan fingerprint density at radius 1 is 1.35 bits per heavy atom. The Labute approximate surface area is 99.9 Å². The minimum atomic E-state index is -0.289. The average molecular weight is 238 g/mol. The van der Waals surface area contributed by atoms with Gasteiger partial charge in [-0.2, -0.15) is 0 Å². The van der Waals surface area contributed by atoms with Gasteiger partial charge in [0.1, 0.15) is 0 Å². The Morgan fingerprint density at radius 2 is 2.12 bits per heavy atom. The smallest absolute Gasteiger partial charge is 0.277 e. The number of amides is 1. The van der Waals surface area contributed by atoms with Crippen LogP contribution in [0.4, 0.5) is 5.82 Å². The van der Waals surface area contributed by atoms with Crippen LogP contribution in [0.2, 0.25) is 0 Å². The predicted octanol–water partition coefficient (Wildman–Crippen LogP) is 1.35. The molecule has 0 spiro atoms. The van der Waals surface area contributed by atoms with Crippen molar-refractivity contribution in [3.8, 4) is 0 Å². The predicted molar refractivity (Wildman–Crippen MR) is 62.2 cm³/mol. The molecule has 2 atom stereocenters. The Morgan fingerprint density at radius 3 is 2.82 bits per heavy atom. The summed E-state index contributed by atoms with van der Waals surface area (Å²) in [5.74, 6) is 0.244. The molecule has 6 nitrogen and oxygen atoms in total. The lowest BCUT2D eigenvalue weighted by Gasteiger charge is -2.22. The van der Waals surface area contributed by atoms with Gasteiger partial charge in [-0.15, -0.1) is 0 Å². The van der Waals surface area contributed by atoms with Crippen LogP contribution in [-0.4, -0.2) is 22.3 Å². The Kier molecular flexibility index (Phi) is 3.61. The third-order valence-corrected chi connectivity index (χ3v) is 3.41. The first-order valence-electron chi connectivity index (χ1n) is 6.07. The number of nitrogen functional groups attached to an aromatic ring is 1. The number of carbonyl (C=O) groups is 1. The van der Waals surface area contributed by atoms with Crippen LogP contribution in [0.3, 0.4) is 0 Å². The van der Waals surface area contributed by atoms with Gasteiger partial charge in [-0.25, -0.2) is 4.63 Å². The van der Waals surface area contributed by atoms with E-state index < -0.39 is 0 Å². The van der Waals surface area contributed by atoms with Crippen LogP contribution in [-0.2, 0) is 0 Å². The highest BCUT2D eigenvalue weighted by Gasteiger charge is 2.24. The molecule has 1 heterocycles. The summed E-state index contributed by atoms with van der Waals surface area (Å²) >= 11 is 0. The molecule has 3 N–H and O–H groups in total. The van der Waals surface area contributed by atoms with Gasteiger partial charge in [-0.3, -0.25) is 4.79 Å². The van der Waals surface area contributed by atoms with E-state index in [-0.39, 0.29) is 23.5 Å². The standard InChI is InChI=1S/C11H18N4O2/c1-7-5-3-2-4-6-8(7)13-11(16)9-10(12)15-17-14-9/h7-8H,2-6H2,1H3,(H2,12,15)(H,13,16). The van der Waals surface area contributed by atoms with E-state index in [4.69, 9.17) is 5.73 Å². The van der Waals surface area contributed by atoms with Crippen LogP contribution in [0.15, 0.2) is 4.63 Å². The summed E-state index contributed by atoms with van der Waals surface area (Å²) in [4.78, 5) is 11.9. The van der Waals surface area contributed by atoms with Gasteiger partial charge in [-0.05, 0) is 29.1 Å². The van der Waals surface area contributed by atoms with Gasteiger partial charge in [0.2, 0.25) is 11.5 Å². The summed E-state index contributed by atoms with van der Waals surface area (Å²) in [6.45, 7) is 2.17. The van der Waals surface area contributed by atoms with Gasteiger partial charge >= 0.3 is 0 Å². The molecule has 0 aromatic carbocycles. The molecule has 0 radical (unpaired) electrons. The van der Waals surface area contributed by atoms with Crippen molar-refractivity contribution < 1.29 is 9.42 Å². The fourth-order valence-electron chi connectivity index (χ4n) is 2.30. The fourth-order valence-corrected chi connectivity index (χ4v) is 2.30. The van der Waals surface area contributed by atoms with Gasteiger partial charge in [0.05, 0.1) is 0 Å². The maximum atomic E-state index is 11.9. The van der Waals surface area contributed by atoms with Gasteiger partial charge < -0.3 is 11.1 Å². The van der Waals surface area contributed by atoms with E-state index in [0.29, 0.717) is 5.92 Å². The molecule has 0 saturated heterocycles. The van der Waals surface area contributed by atoms with E-state index in [2.05, 4.69) is 27.2 Å². The molecule has 1 aliphatic carbocycles. The highest BCUT2D eigenvalue weighted by atomic mass is 16.6. The lowest BCUT2D eigenvalue weighted by Crippen LogP contribution is -2.39. The first-order valence-corrected chi connectivity index (χ1v) is 6.07. The Bertz CT molecular complexity index is 391. The molecule has 1 aromatic heterocycles. The number of nitrogens with zero attached hydrogens (tertiary/aromatic N) is 2. The summed E-state index contributed by atoms with van der Waals surface area (Å²) in [7, 11) is 0. The normalized spacial score (nSPS) is 25.2. The van der Waals surface area contributed by atoms with Gasteiger partial charge in [0.15, 0.2) is 0 Å². The fraction of sp³-hybridized carbons (Fsp3) is 0.727. The van der Waals surface area contributed by atoms with Crippen molar-refractivity contribution in [3.05, 3.63) is 5.69 Å².